The van der Waals surface area contributed by atoms with Gasteiger partial charge < -0.3 is 4.74 Å². The van der Waals surface area contributed by atoms with Crippen LogP contribution in [-0.4, -0.2) is 25.8 Å². The molecular weight excluding hydrogens is 452 g/mol. The van der Waals surface area contributed by atoms with Crippen molar-refractivity contribution in [3.05, 3.63) is 86.5 Å². The molecule has 0 aliphatic heterocycles. The molecule has 0 fully saturated rings. The second kappa shape index (κ2) is 9.03. The monoisotopic (exact) mass is 476 g/mol. The fourth-order valence-electron chi connectivity index (χ4n) is 3.94. The van der Waals surface area contributed by atoms with Gasteiger partial charge in [-0.05, 0) is 49.4 Å². The van der Waals surface area contributed by atoms with E-state index in [-0.39, 0.29) is 5.56 Å². The Kier molecular flexibility index (Phi) is 5.95. The summed E-state index contributed by atoms with van der Waals surface area (Å²) in [6.45, 7) is 7.12. The molecule has 168 valence electrons. The number of para-hydroxylation sites is 1. The molecule has 0 spiro atoms. The van der Waals surface area contributed by atoms with E-state index in [1.807, 2.05) is 47.0 Å². The minimum Gasteiger partial charge on any atom is -0.494 e. The first-order valence-corrected chi connectivity index (χ1v) is 12.7. The van der Waals surface area contributed by atoms with Gasteiger partial charge >= 0.3 is 0 Å². The number of fused-ring (bicyclic) bond motifs is 3. The second-order valence-corrected chi connectivity index (χ2v) is 9.76. The number of hydrogen-bond acceptors (Lipinski definition) is 6. The van der Waals surface area contributed by atoms with Gasteiger partial charge in [-0.15, -0.1) is 21.5 Å². The average Bonchev–Trinajstić information content (AvgIpc) is 3.46. The van der Waals surface area contributed by atoms with Gasteiger partial charge in [-0.3, -0.25) is 13.8 Å². The van der Waals surface area contributed by atoms with Gasteiger partial charge in [0.15, 0.2) is 5.16 Å². The van der Waals surface area contributed by atoms with Crippen molar-refractivity contribution >= 4 is 39.1 Å². The maximum absolute atomic E-state index is 13.4. The maximum Gasteiger partial charge on any atom is 0.273 e. The molecule has 8 heteroatoms. The molecule has 3 heterocycles. The molecule has 0 aliphatic carbocycles. The summed E-state index contributed by atoms with van der Waals surface area (Å²) in [7, 11) is 0. The van der Waals surface area contributed by atoms with Gasteiger partial charge in [-0.2, -0.15) is 0 Å². The van der Waals surface area contributed by atoms with Crippen LogP contribution in [0.5, 0.6) is 5.75 Å². The van der Waals surface area contributed by atoms with Crippen molar-refractivity contribution in [2.45, 2.75) is 38.2 Å². The van der Waals surface area contributed by atoms with Crippen LogP contribution in [0.2, 0.25) is 0 Å². The van der Waals surface area contributed by atoms with Crippen molar-refractivity contribution in [1.82, 2.24) is 19.2 Å². The topological polar surface area (TPSA) is 61.4 Å². The Morgan fingerprint density at radius 1 is 1.06 bits per heavy atom. The Bertz CT molecular complexity index is 1520. The highest BCUT2D eigenvalue weighted by Gasteiger charge is 2.19. The van der Waals surface area contributed by atoms with Gasteiger partial charge in [-0.1, -0.05) is 53.7 Å². The van der Waals surface area contributed by atoms with Crippen LogP contribution in [-0.2, 0) is 12.3 Å². The highest BCUT2D eigenvalue weighted by atomic mass is 32.2. The molecule has 0 N–H and O–H groups in total. The van der Waals surface area contributed by atoms with Gasteiger partial charge in [0, 0.05) is 11.3 Å². The SMILES string of the molecule is CCOc1ccccc1Cn1c(=O)c2sccc2n2c(SCc3cc(C)ccc3C)nnc12. The van der Waals surface area contributed by atoms with E-state index in [1.54, 1.807) is 16.3 Å². The highest BCUT2D eigenvalue weighted by Crippen LogP contribution is 2.28. The van der Waals surface area contributed by atoms with E-state index in [9.17, 15) is 4.79 Å². The number of thioether (sulfide) groups is 1. The summed E-state index contributed by atoms with van der Waals surface area (Å²) >= 11 is 3.09. The van der Waals surface area contributed by atoms with Crippen LogP contribution in [0.25, 0.3) is 16.0 Å². The minimum absolute atomic E-state index is 0.0581. The summed E-state index contributed by atoms with van der Waals surface area (Å²) in [4.78, 5) is 13.4. The van der Waals surface area contributed by atoms with Crippen LogP contribution in [0.15, 0.2) is 63.9 Å². The fraction of sp³-hybridized carbons (Fsp3) is 0.240. The number of hydrogen-bond donors (Lipinski definition) is 0. The number of aryl methyl sites for hydroxylation is 2. The van der Waals surface area contributed by atoms with Gasteiger partial charge in [0.05, 0.1) is 18.7 Å². The van der Waals surface area contributed by atoms with Crippen molar-refractivity contribution in [1.29, 1.82) is 0 Å². The van der Waals surface area contributed by atoms with Gasteiger partial charge in [0.2, 0.25) is 5.78 Å². The fourth-order valence-corrected chi connectivity index (χ4v) is 5.76. The molecular formula is C25H24N4O2S2. The summed E-state index contributed by atoms with van der Waals surface area (Å²) in [5.41, 5.74) is 5.50. The predicted octanol–water partition coefficient (Wildman–Crippen LogP) is 5.46. The lowest BCUT2D eigenvalue weighted by Gasteiger charge is -2.13. The zero-order chi connectivity index (χ0) is 22.9. The average molecular weight is 477 g/mol. The Balaban J connectivity index is 1.60. The zero-order valence-electron chi connectivity index (χ0n) is 18.7. The van der Waals surface area contributed by atoms with Crippen molar-refractivity contribution < 1.29 is 4.74 Å². The van der Waals surface area contributed by atoms with Crippen molar-refractivity contribution in [2.24, 2.45) is 0 Å². The van der Waals surface area contributed by atoms with E-state index in [1.165, 1.54) is 28.0 Å². The number of aromatic nitrogens is 4. The van der Waals surface area contributed by atoms with E-state index < -0.39 is 0 Å². The molecule has 3 aromatic heterocycles. The molecule has 0 saturated carbocycles. The van der Waals surface area contributed by atoms with E-state index in [4.69, 9.17) is 4.74 Å². The molecule has 6 nitrogen and oxygen atoms in total. The summed E-state index contributed by atoms with van der Waals surface area (Å²) in [5.74, 6) is 2.10. The van der Waals surface area contributed by atoms with E-state index in [2.05, 4.69) is 42.2 Å². The third-order valence-electron chi connectivity index (χ3n) is 5.64. The number of thiophene rings is 1. The predicted molar refractivity (Wildman–Crippen MR) is 135 cm³/mol. The Morgan fingerprint density at radius 2 is 1.91 bits per heavy atom. The van der Waals surface area contributed by atoms with Crippen LogP contribution < -0.4 is 10.3 Å². The van der Waals surface area contributed by atoms with Crippen LogP contribution >= 0.6 is 23.1 Å². The molecule has 0 bridgehead atoms. The Hall–Kier alpha value is -3.10. The zero-order valence-corrected chi connectivity index (χ0v) is 20.4. The van der Waals surface area contributed by atoms with Crippen molar-refractivity contribution in [2.75, 3.05) is 6.61 Å². The summed E-state index contributed by atoms with van der Waals surface area (Å²) in [6.07, 6.45) is 0. The van der Waals surface area contributed by atoms with E-state index in [0.717, 1.165) is 27.7 Å². The summed E-state index contributed by atoms with van der Waals surface area (Å²) in [5, 5.41) is 11.7. The smallest absolute Gasteiger partial charge is 0.273 e. The molecule has 0 saturated heterocycles. The number of nitrogens with zero attached hydrogens (tertiary/aromatic N) is 4. The Morgan fingerprint density at radius 3 is 2.76 bits per heavy atom. The summed E-state index contributed by atoms with van der Waals surface area (Å²) in [6, 6.07) is 16.3. The van der Waals surface area contributed by atoms with Crippen LogP contribution in [0.1, 0.15) is 29.2 Å². The molecule has 0 amide bonds. The number of rotatable bonds is 7. The Labute approximate surface area is 199 Å². The highest BCUT2D eigenvalue weighted by molar-refractivity contribution is 7.98. The normalized spacial score (nSPS) is 11.5. The lowest BCUT2D eigenvalue weighted by Crippen LogP contribution is -2.23. The number of benzene rings is 2. The lowest BCUT2D eigenvalue weighted by molar-refractivity contribution is 0.336. The number of ether oxygens (including phenoxy) is 1. The molecule has 0 atom stereocenters. The first-order chi connectivity index (χ1) is 16.1. The van der Waals surface area contributed by atoms with Gasteiger partial charge in [-0.25, -0.2) is 0 Å². The minimum atomic E-state index is -0.0581. The van der Waals surface area contributed by atoms with Crippen LogP contribution in [0.4, 0.5) is 0 Å². The van der Waals surface area contributed by atoms with E-state index in [0.29, 0.717) is 23.6 Å². The van der Waals surface area contributed by atoms with Crippen molar-refractivity contribution in [3.63, 3.8) is 0 Å². The molecule has 33 heavy (non-hydrogen) atoms. The summed E-state index contributed by atoms with van der Waals surface area (Å²) < 4.78 is 10.2. The first-order valence-electron chi connectivity index (χ1n) is 10.8. The van der Waals surface area contributed by atoms with Crippen LogP contribution in [0.3, 0.4) is 0 Å². The molecule has 2 aromatic carbocycles. The van der Waals surface area contributed by atoms with E-state index >= 15 is 0 Å². The quantitative estimate of drug-likeness (QED) is 0.292. The van der Waals surface area contributed by atoms with Gasteiger partial charge in [0.25, 0.3) is 5.56 Å². The molecule has 0 unspecified atom stereocenters. The lowest BCUT2D eigenvalue weighted by atomic mass is 10.1. The maximum atomic E-state index is 13.4. The van der Waals surface area contributed by atoms with Crippen molar-refractivity contribution in [3.8, 4) is 5.75 Å². The molecule has 5 rings (SSSR count). The standard InChI is InChI=1S/C25H24N4O2S2/c1-4-31-21-8-6-5-7-18(21)14-28-23(30)22-20(11-12-32-22)29-24(28)26-27-25(29)33-15-19-13-16(2)9-10-17(19)3/h5-13H,4,14-15H2,1-3H3. The third kappa shape index (κ3) is 4.05. The first kappa shape index (κ1) is 21.7. The molecule has 0 aliphatic rings. The largest absolute Gasteiger partial charge is 0.494 e. The van der Waals surface area contributed by atoms with Crippen LogP contribution in [0, 0.1) is 13.8 Å². The second-order valence-electron chi connectivity index (χ2n) is 7.90. The van der Waals surface area contributed by atoms with Gasteiger partial charge in [0.1, 0.15) is 10.4 Å². The molecule has 5 aromatic rings. The third-order valence-corrected chi connectivity index (χ3v) is 7.51. The molecule has 0 radical (unpaired) electrons.